The summed E-state index contributed by atoms with van der Waals surface area (Å²) in [5, 5.41) is 13.2. The van der Waals surface area contributed by atoms with Gasteiger partial charge in [0.25, 0.3) is 0 Å². The number of nitrogens with two attached hydrogens (primary N) is 1. The van der Waals surface area contributed by atoms with Gasteiger partial charge >= 0.3 is 0 Å². The van der Waals surface area contributed by atoms with E-state index in [4.69, 9.17) is 10.8 Å². The Morgan fingerprint density at radius 1 is 1.38 bits per heavy atom. The molecule has 0 radical (unpaired) electrons. The highest BCUT2D eigenvalue weighted by molar-refractivity contribution is 5.59. The van der Waals surface area contributed by atoms with Crippen LogP contribution in [0.5, 0.6) is 5.75 Å². The van der Waals surface area contributed by atoms with Crippen LogP contribution in [0, 0.1) is 0 Å². The molecule has 0 amide bonds. The number of hydrogen-bond acceptors (Lipinski definition) is 3. The van der Waals surface area contributed by atoms with Gasteiger partial charge in [-0.25, -0.2) is 4.68 Å². The fourth-order valence-electron chi connectivity index (χ4n) is 1.16. The topological polar surface area (TPSA) is 64.1 Å². The maximum atomic E-state index is 9.13. The van der Waals surface area contributed by atoms with E-state index in [9.17, 15) is 0 Å². The van der Waals surface area contributed by atoms with E-state index < -0.39 is 0 Å². The second kappa shape index (κ2) is 2.82. The van der Waals surface area contributed by atoms with Crippen molar-refractivity contribution in [1.82, 2.24) is 9.78 Å². The van der Waals surface area contributed by atoms with Crippen LogP contribution in [0.3, 0.4) is 0 Å². The van der Waals surface area contributed by atoms with Crippen molar-refractivity contribution >= 4 is 5.69 Å². The van der Waals surface area contributed by atoms with Gasteiger partial charge < -0.3 is 10.8 Å². The fourth-order valence-corrected chi connectivity index (χ4v) is 1.16. The normalized spacial score (nSPS) is 10.2. The second-order valence-electron chi connectivity index (χ2n) is 2.69. The van der Waals surface area contributed by atoms with E-state index in [0.717, 1.165) is 5.69 Å². The molecule has 2 aromatic rings. The molecule has 2 rings (SSSR count). The fraction of sp³-hybridized carbons (Fsp3) is 0. The first-order valence-electron chi connectivity index (χ1n) is 3.86. The van der Waals surface area contributed by atoms with Crippen molar-refractivity contribution in [3.05, 3.63) is 36.7 Å². The van der Waals surface area contributed by atoms with E-state index in [1.165, 1.54) is 6.07 Å². The van der Waals surface area contributed by atoms with Crippen LogP contribution in [-0.2, 0) is 0 Å². The molecule has 1 heterocycles. The molecule has 0 fully saturated rings. The van der Waals surface area contributed by atoms with Gasteiger partial charge in [0.1, 0.15) is 5.75 Å². The van der Waals surface area contributed by atoms with Gasteiger partial charge in [0.2, 0.25) is 0 Å². The molecule has 13 heavy (non-hydrogen) atoms. The third-order valence-corrected chi connectivity index (χ3v) is 1.76. The number of nitrogens with zero attached hydrogens (tertiary/aromatic N) is 2. The summed E-state index contributed by atoms with van der Waals surface area (Å²) in [7, 11) is 0. The molecule has 4 nitrogen and oxygen atoms in total. The quantitative estimate of drug-likeness (QED) is 0.639. The number of benzene rings is 1. The standard InChI is InChI=1S/C9H9N3O/c10-8-6-7(13)2-3-9(8)12-5-1-4-11-12/h1-6,13H,10H2. The van der Waals surface area contributed by atoms with Crippen LogP contribution in [0.4, 0.5) is 5.69 Å². The van der Waals surface area contributed by atoms with Crippen molar-refractivity contribution in [2.45, 2.75) is 0 Å². The third-order valence-electron chi connectivity index (χ3n) is 1.76. The minimum absolute atomic E-state index is 0.161. The van der Waals surface area contributed by atoms with Crippen molar-refractivity contribution < 1.29 is 5.11 Å². The van der Waals surface area contributed by atoms with Gasteiger partial charge in [-0.05, 0) is 18.2 Å². The Kier molecular flexibility index (Phi) is 1.66. The Morgan fingerprint density at radius 2 is 2.23 bits per heavy atom. The van der Waals surface area contributed by atoms with Crippen molar-refractivity contribution in [3.8, 4) is 11.4 Å². The van der Waals surface area contributed by atoms with E-state index in [1.807, 2.05) is 6.07 Å². The smallest absolute Gasteiger partial charge is 0.117 e. The maximum Gasteiger partial charge on any atom is 0.117 e. The number of phenols is 1. The van der Waals surface area contributed by atoms with E-state index in [2.05, 4.69) is 5.10 Å². The highest BCUT2D eigenvalue weighted by Crippen LogP contribution is 2.21. The molecule has 4 heteroatoms. The molecule has 1 aromatic heterocycles. The Hall–Kier alpha value is -1.97. The molecule has 0 atom stereocenters. The van der Waals surface area contributed by atoms with E-state index >= 15 is 0 Å². The van der Waals surface area contributed by atoms with E-state index in [-0.39, 0.29) is 5.75 Å². The minimum atomic E-state index is 0.161. The molecule has 0 aliphatic heterocycles. The van der Waals surface area contributed by atoms with Gasteiger partial charge in [0.15, 0.2) is 0 Å². The lowest BCUT2D eigenvalue weighted by atomic mass is 10.2. The molecule has 1 aromatic carbocycles. The molecule has 3 N–H and O–H groups in total. The van der Waals surface area contributed by atoms with Gasteiger partial charge in [0.05, 0.1) is 11.4 Å². The highest BCUT2D eigenvalue weighted by atomic mass is 16.3. The predicted octanol–water partition coefficient (Wildman–Crippen LogP) is 1.16. The monoisotopic (exact) mass is 175 g/mol. The van der Waals surface area contributed by atoms with E-state index in [1.54, 1.807) is 29.2 Å². The number of nitrogen functional groups attached to an aromatic ring is 1. The minimum Gasteiger partial charge on any atom is -0.508 e. The molecular weight excluding hydrogens is 166 g/mol. The zero-order chi connectivity index (χ0) is 9.26. The van der Waals surface area contributed by atoms with Gasteiger partial charge in [-0.1, -0.05) is 0 Å². The zero-order valence-corrected chi connectivity index (χ0v) is 6.88. The lowest BCUT2D eigenvalue weighted by Gasteiger charge is -2.04. The first-order valence-corrected chi connectivity index (χ1v) is 3.86. The SMILES string of the molecule is Nc1cc(O)ccc1-n1cccn1. The predicted molar refractivity (Wildman–Crippen MR) is 49.6 cm³/mol. The largest absolute Gasteiger partial charge is 0.508 e. The molecule has 0 spiro atoms. The summed E-state index contributed by atoms with van der Waals surface area (Å²) in [6.45, 7) is 0. The average molecular weight is 175 g/mol. The maximum absolute atomic E-state index is 9.13. The van der Waals surface area contributed by atoms with Crippen LogP contribution < -0.4 is 5.73 Å². The summed E-state index contributed by atoms with van der Waals surface area (Å²) >= 11 is 0. The van der Waals surface area contributed by atoms with Crippen molar-refractivity contribution in [2.75, 3.05) is 5.73 Å². The van der Waals surface area contributed by atoms with Crippen LogP contribution in [0.2, 0.25) is 0 Å². The number of aromatic hydroxyl groups is 1. The third kappa shape index (κ3) is 1.33. The van der Waals surface area contributed by atoms with Crippen molar-refractivity contribution in [1.29, 1.82) is 0 Å². The van der Waals surface area contributed by atoms with Gasteiger partial charge in [-0.2, -0.15) is 5.10 Å². The molecule has 0 saturated carbocycles. The average Bonchev–Trinajstić information content (AvgIpc) is 2.56. The van der Waals surface area contributed by atoms with Crippen LogP contribution in [0.15, 0.2) is 36.7 Å². The molecular formula is C9H9N3O. The molecule has 0 unspecified atom stereocenters. The van der Waals surface area contributed by atoms with E-state index in [0.29, 0.717) is 5.69 Å². The lowest BCUT2D eigenvalue weighted by Crippen LogP contribution is -1.99. The van der Waals surface area contributed by atoms with Crippen LogP contribution in [0.25, 0.3) is 5.69 Å². The van der Waals surface area contributed by atoms with Crippen LogP contribution >= 0.6 is 0 Å². The summed E-state index contributed by atoms with van der Waals surface area (Å²) in [5.74, 6) is 0.161. The number of rotatable bonds is 1. The zero-order valence-electron chi connectivity index (χ0n) is 6.88. The number of hydrogen-bond donors (Lipinski definition) is 2. The summed E-state index contributed by atoms with van der Waals surface area (Å²) < 4.78 is 1.65. The molecule has 66 valence electrons. The number of anilines is 1. The second-order valence-corrected chi connectivity index (χ2v) is 2.69. The van der Waals surface area contributed by atoms with Crippen LogP contribution in [-0.4, -0.2) is 14.9 Å². The Morgan fingerprint density at radius 3 is 2.85 bits per heavy atom. The summed E-state index contributed by atoms with van der Waals surface area (Å²) in [5.41, 5.74) is 6.96. The first kappa shape index (κ1) is 7.67. The van der Waals surface area contributed by atoms with Crippen LogP contribution in [0.1, 0.15) is 0 Å². The van der Waals surface area contributed by atoms with Crippen molar-refractivity contribution in [2.24, 2.45) is 0 Å². The number of phenolic OH excluding ortho intramolecular Hbond substituents is 1. The first-order chi connectivity index (χ1) is 6.27. The summed E-state index contributed by atoms with van der Waals surface area (Å²) in [4.78, 5) is 0. The number of aromatic nitrogens is 2. The summed E-state index contributed by atoms with van der Waals surface area (Å²) in [6.07, 6.45) is 3.47. The molecule has 0 saturated heterocycles. The highest BCUT2D eigenvalue weighted by Gasteiger charge is 2.01. The molecule has 0 aliphatic rings. The Bertz CT molecular complexity index is 409. The molecule has 0 aliphatic carbocycles. The lowest BCUT2D eigenvalue weighted by molar-refractivity contribution is 0.475. The van der Waals surface area contributed by atoms with Gasteiger partial charge in [0, 0.05) is 18.5 Å². The summed E-state index contributed by atoms with van der Waals surface area (Å²) in [6, 6.07) is 6.61. The van der Waals surface area contributed by atoms with Crippen molar-refractivity contribution in [3.63, 3.8) is 0 Å². The van der Waals surface area contributed by atoms with Gasteiger partial charge in [-0.3, -0.25) is 0 Å². The Labute approximate surface area is 75.2 Å². The Balaban J connectivity index is 2.53. The molecule has 0 bridgehead atoms. The van der Waals surface area contributed by atoms with Gasteiger partial charge in [-0.15, -0.1) is 0 Å².